The molecule has 0 bridgehead atoms. The van der Waals surface area contributed by atoms with E-state index in [2.05, 4.69) is 0 Å². The Balaban J connectivity index is 2.42. The molecule has 19 heavy (non-hydrogen) atoms. The molecular weight excluding hydrogens is 245 g/mol. The van der Waals surface area contributed by atoms with E-state index in [1.165, 1.54) is 12.1 Å². The summed E-state index contributed by atoms with van der Waals surface area (Å²) in [4.78, 5) is 12.6. The van der Waals surface area contributed by atoms with Crippen molar-refractivity contribution in [1.29, 1.82) is 0 Å². The number of carboxylic acid groups (broad SMARTS) is 1. The number of carboxylic acids is 1. The Hall–Kier alpha value is -2.36. The number of rotatable bonds is 4. The lowest BCUT2D eigenvalue weighted by Gasteiger charge is -2.23. The maximum absolute atomic E-state index is 14.0. The Morgan fingerprint density at radius 3 is 2.42 bits per heavy atom. The first-order chi connectivity index (χ1) is 9.13. The molecule has 3 nitrogen and oxygen atoms in total. The molecule has 0 aliphatic carbocycles. The zero-order chi connectivity index (χ0) is 13.8. The van der Waals surface area contributed by atoms with E-state index in [1.807, 2.05) is 37.3 Å². The van der Waals surface area contributed by atoms with E-state index in [0.717, 1.165) is 11.8 Å². The SMILES string of the molecule is CCN(c1ccccc1)c1ccc(C(=O)O)cc1F. The summed E-state index contributed by atoms with van der Waals surface area (Å²) in [5, 5.41) is 8.83. The molecule has 0 saturated carbocycles. The van der Waals surface area contributed by atoms with Gasteiger partial charge < -0.3 is 10.0 Å². The van der Waals surface area contributed by atoms with Crippen LogP contribution in [-0.2, 0) is 0 Å². The van der Waals surface area contributed by atoms with Crippen LogP contribution < -0.4 is 4.90 Å². The molecule has 0 fully saturated rings. The Labute approximate surface area is 110 Å². The van der Waals surface area contributed by atoms with Gasteiger partial charge in [0.1, 0.15) is 5.82 Å². The highest BCUT2D eigenvalue weighted by atomic mass is 19.1. The second kappa shape index (κ2) is 5.52. The second-order valence-corrected chi connectivity index (χ2v) is 4.05. The predicted molar refractivity (Wildman–Crippen MR) is 72.5 cm³/mol. The van der Waals surface area contributed by atoms with Crippen LogP contribution in [0.15, 0.2) is 48.5 Å². The summed E-state index contributed by atoms with van der Waals surface area (Å²) in [6, 6.07) is 13.4. The molecule has 0 atom stereocenters. The lowest BCUT2D eigenvalue weighted by Crippen LogP contribution is -2.17. The van der Waals surface area contributed by atoms with Gasteiger partial charge in [-0.25, -0.2) is 9.18 Å². The number of benzene rings is 2. The molecule has 1 N–H and O–H groups in total. The van der Waals surface area contributed by atoms with Crippen molar-refractivity contribution in [2.24, 2.45) is 0 Å². The highest BCUT2D eigenvalue weighted by Crippen LogP contribution is 2.28. The molecule has 0 amide bonds. The quantitative estimate of drug-likeness (QED) is 0.910. The van der Waals surface area contributed by atoms with Gasteiger partial charge in [-0.3, -0.25) is 0 Å². The highest BCUT2D eigenvalue weighted by molar-refractivity contribution is 5.88. The molecule has 4 heteroatoms. The fraction of sp³-hybridized carbons (Fsp3) is 0.133. The number of hydrogen-bond donors (Lipinski definition) is 1. The van der Waals surface area contributed by atoms with E-state index in [-0.39, 0.29) is 5.56 Å². The minimum absolute atomic E-state index is 0.0506. The van der Waals surface area contributed by atoms with Crippen LogP contribution >= 0.6 is 0 Å². The molecule has 2 aromatic carbocycles. The summed E-state index contributed by atoms with van der Waals surface area (Å²) in [5.41, 5.74) is 1.19. The Kier molecular flexibility index (Phi) is 3.80. The molecule has 0 aliphatic heterocycles. The van der Waals surface area contributed by atoms with Gasteiger partial charge in [0.15, 0.2) is 0 Å². The average Bonchev–Trinajstić information content (AvgIpc) is 2.42. The highest BCUT2D eigenvalue weighted by Gasteiger charge is 2.14. The lowest BCUT2D eigenvalue weighted by atomic mass is 10.1. The van der Waals surface area contributed by atoms with Gasteiger partial charge in [0.05, 0.1) is 11.3 Å². The zero-order valence-electron chi connectivity index (χ0n) is 10.5. The van der Waals surface area contributed by atoms with Crippen LogP contribution in [0.25, 0.3) is 0 Å². The third-order valence-electron chi connectivity index (χ3n) is 2.87. The summed E-state index contributed by atoms with van der Waals surface area (Å²) in [5.74, 6) is -1.67. The summed E-state index contributed by atoms with van der Waals surface area (Å²) in [6.07, 6.45) is 0. The van der Waals surface area contributed by atoms with Crippen molar-refractivity contribution in [2.75, 3.05) is 11.4 Å². The lowest BCUT2D eigenvalue weighted by molar-refractivity contribution is 0.0696. The van der Waals surface area contributed by atoms with Crippen molar-refractivity contribution < 1.29 is 14.3 Å². The first-order valence-corrected chi connectivity index (χ1v) is 5.99. The van der Waals surface area contributed by atoms with E-state index < -0.39 is 11.8 Å². The van der Waals surface area contributed by atoms with Gasteiger partial charge in [-0.1, -0.05) is 18.2 Å². The standard InChI is InChI=1S/C15H14FNO2/c1-2-17(12-6-4-3-5-7-12)14-9-8-11(15(18)19)10-13(14)16/h3-10H,2H2,1H3,(H,18,19). The van der Waals surface area contributed by atoms with Gasteiger partial charge >= 0.3 is 5.97 Å². The molecule has 0 radical (unpaired) electrons. The molecule has 98 valence electrons. The number of hydrogen-bond acceptors (Lipinski definition) is 2. The van der Waals surface area contributed by atoms with E-state index in [4.69, 9.17) is 5.11 Å². The van der Waals surface area contributed by atoms with Crippen LogP contribution in [0.5, 0.6) is 0 Å². The van der Waals surface area contributed by atoms with Crippen molar-refractivity contribution in [3.63, 3.8) is 0 Å². The van der Waals surface area contributed by atoms with Crippen molar-refractivity contribution in [3.8, 4) is 0 Å². The summed E-state index contributed by atoms with van der Waals surface area (Å²) in [6.45, 7) is 2.50. The van der Waals surface area contributed by atoms with E-state index in [9.17, 15) is 9.18 Å². The Bertz CT molecular complexity index is 584. The first-order valence-electron chi connectivity index (χ1n) is 5.99. The minimum Gasteiger partial charge on any atom is -0.478 e. The van der Waals surface area contributed by atoms with Gasteiger partial charge in [-0.2, -0.15) is 0 Å². The van der Waals surface area contributed by atoms with Crippen LogP contribution in [0, 0.1) is 5.82 Å². The Morgan fingerprint density at radius 1 is 1.21 bits per heavy atom. The number of nitrogens with zero attached hydrogens (tertiary/aromatic N) is 1. The first kappa shape index (κ1) is 13.1. The van der Waals surface area contributed by atoms with E-state index >= 15 is 0 Å². The average molecular weight is 259 g/mol. The number of halogens is 1. The van der Waals surface area contributed by atoms with E-state index in [1.54, 1.807) is 4.90 Å². The van der Waals surface area contributed by atoms with Gasteiger partial charge in [0, 0.05) is 12.2 Å². The predicted octanol–water partition coefficient (Wildman–Crippen LogP) is 3.68. The van der Waals surface area contributed by atoms with Gasteiger partial charge in [0.25, 0.3) is 0 Å². The number of aromatic carboxylic acids is 1. The van der Waals surface area contributed by atoms with Crippen LogP contribution in [0.4, 0.5) is 15.8 Å². The fourth-order valence-corrected chi connectivity index (χ4v) is 1.96. The number of para-hydroxylation sites is 1. The minimum atomic E-state index is -1.13. The fourth-order valence-electron chi connectivity index (χ4n) is 1.96. The summed E-state index contributed by atoms with van der Waals surface area (Å²) >= 11 is 0. The molecule has 0 saturated heterocycles. The molecule has 0 aromatic heterocycles. The third kappa shape index (κ3) is 2.73. The number of carbonyl (C=O) groups is 1. The molecule has 0 unspecified atom stereocenters. The van der Waals surface area contributed by atoms with Crippen LogP contribution in [0.3, 0.4) is 0 Å². The monoisotopic (exact) mass is 259 g/mol. The summed E-state index contributed by atoms with van der Waals surface area (Å²) < 4.78 is 14.0. The molecule has 0 spiro atoms. The number of anilines is 2. The molecular formula is C15H14FNO2. The smallest absolute Gasteiger partial charge is 0.335 e. The van der Waals surface area contributed by atoms with E-state index in [0.29, 0.717) is 12.2 Å². The van der Waals surface area contributed by atoms with Gasteiger partial charge in [0.2, 0.25) is 0 Å². The normalized spacial score (nSPS) is 10.2. The third-order valence-corrected chi connectivity index (χ3v) is 2.87. The molecule has 0 aliphatic rings. The van der Waals surface area contributed by atoms with Crippen LogP contribution in [0.1, 0.15) is 17.3 Å². The van der Waals surface area contributed by atoms with Crippen LogP contribution in [0.2, 0.25) is 0 Å². The maximum atomic E-state index is 14.0. The second-order valence-electron chi connectivity index (χ2n) is 4.05. The van der Waals surface area contributed by atoms with Crippen molar-refractivity contribution in [2.45, 2.75) is 6.92 Å². The van der Waals surface area contributed by atoms with Crippen molar-refractivity contribution >= 4 is 17.3 Å². The Morgan fingerprint density at radius 2 is 1.89 bits per heavy atom. The summed E-state index contributed by atoms with van der Waals surface area (Å²) in [7, 11) is 0. The molecule has 2 rings (SSSR count). The zero-order valence-corrected chi connectivity index (χ0v) is 10.5. The van der Waals surface area contributed by atoms with Gasteiger partial charge in [-0.15, -0.1) is 0 Å². The maximum Gasteiger partial charge on any atom is 0.335 e. The molecule has 0 heterocycles. The van der Waals surface area contributed by atoms with Crippen molar-refractivity contribution in [3.05, 3.63) is 59.9 Å². The van der Waals surface area contributed by atoms with Gasteiger partial charge in [-0.05, 0) is 37.3 Å². The van der Waals surface area contributed by atoms with Crippen LogP contribution in [-0.4, -0.2) is 17.6 Å². The largest absolute Gasteiger partial charge is 0.478 e. The van der Waals surface area contributed by atoms with Crippen molar-refractivity contribution in [1.82, 2.24) is 0 Å². The molecule has 2 aromatic rings. The topological polar surface area (TPSA) is 40.5 Å².